The molecule has 1 heterocycles. The summed E-state index contributed by atoms with van der Waals surface area (Å²) in [5, 5.41) is 20.6. The van der Waals surface area contributed by atoms with Crippen LogP contribution in [-0.4, -0.2) is 110 Å². The summed E-state index contributed by atoms with van der Waals surface area (Å²) in [6, 6.07) is 3.26. The van der Waals surface area contributed by atoms with Crippen molar-refractivity contribution >= 4 is 33.8 Å². The van der Waals surface area contributed by atoms with E-state index in [-0.39, 0.29) is 26.1 Å². The molecule has 1 aromatic carbocycles. The number of aliphatic hydroxyl groups excluding tert-OH is 1. The van der Waals surface area contributed by atoms with E-state index in [9.17, 15) is 41.5 Å². The average molecular weight is 703 g/mol. The van der Waals surface area contributed by atoms with Gasteiger partial charge in [0.2, 0.25) is 34.2 Å². The smallest absolute Gasteiger partial charge is 0.315 e. The molecule has 1 fully saturated rings. The van der Waals surface area contributed by atoms with E-state index in [1.165, 1.54) is 11.9 Å². The second-order valence-electron chi connectivity index (χ2n) is 14.4. The fourth-order valence-corrected chi connectivity index (χ4v) is 5.59. The Labute approximate surface area is 282 Å². The number of hydrogen-bond acceptors (Lipinski definition) is 7. The highest BCUT2D eigenvalue weighted by molar-refractivity contribution is 7.88. The lowest BCUT2D eigenvalue weighted by molar-refractivity contribution is -0.142. The van der Waals surface area contributed by atoms with E-state index in [1.54, 1.807) is 51.1 Å². The monoisotopic (exact) mass is 702 g/mol. The first kappa shape index (κ1) is 40.8. The van der Waals surface area contributed by atoms with Crippen LogP contribution in [0.15, 0.2) is 30.3 Å². The van der Waals surface area contributed by atoms with E-state index in [1.807, 2.05) is 20.8 Å². The van der Waals surface area contributed by atoms with Crippen molar-refractivity contribution in [3.8, 4) is 0 Å². The Morgan fingerprint density at radius 2 is 1.60 bits per heavy atom. The lowest BCUT2D eigenvalue weighted by Crippen LogP contribution is -2.62. The molecule has 0 radical (unpaired) electrons. The summed E-state index contributed by atoms with van der Waals surface area (Å²) < 4.78 is 52.1. The third-order valence-corrected chi connectivity index (χ3v) is 9.57. The molecule has 1 unspecified atom stereocenters. The predicted molar refractivity (Wildman–Crippen MR) is 177 cm³/mol. The molecule has 0 spiro atoms. The molecule has 48 heavy (non-hydrogen) atoms. The number of carbonyl (C=O) groups is 4. The largest absolute Gasteiger partial charge is 0.387 e. The third kappa shape index (κ3) is 12.3. The molecule has 5 amide bonds. The van der Waals surface area contributed by atoms with Crippen molar-refractivity contribution in [2.75, 3.05) is 32.9 Å². The van der Waals surface area contributed by atoms with Crippen LogP contribution in [0.4, 0.5) is 13.6 Å². The maximum atomic E-state index is 13.9. The molecule has 1 aliphatic rings. The summed E-state index contributed by atoms with van der Waals surface area (Å²) in [4.78, 5) is 54.8. The number of aliphatic hydroxyl groups is 1. The molecular weight excluding hydrogens is 650 g/mol. The number of amides is 5. The molecule has 1 aromatic rings. The lowest BCUT2D eigenvalue weighted by Gasteiger charge is -2.37. The van der Waals surface area contributed by atoms with Gasteiger partial charge in [-0.15, -0.1) is 0 Å². The summed E-state index contributed by atoms with van der Waals surface area (Å²) in [7, 11) is -2.13. The molecule has 16 heteroatoms. The molecule has 5 N–H and O–H groups in total. The zero-order valence-corrected chi connectivity index (χ0v) is 29.9. The Morgan fingerprint density at radius 1 is 1.00 bits per heavy atom. The van der Waals surface area contributed by atoms with Crippen LogP contribution in [0.2, 0.25) is 0 Å². The molecule has 1 saturated heterocycles. The average Bonchev–Trinajstić information content (AvgIpc) is 3.46. The Bertz CT molecular complexity index is 1370. The number of benzene rings is 1. The first-order valence-corrected chi connectivity index (χ1v) is 17.7. The number of likely N-dealkylation sites (N-methyl/N-ethyl adjacent to an activating group) is 1. The van der Waals surface area contributed by atoms with Crippen LogP contribution in [0.25, 0.3) is 0 Å². The molecule has 1 aliphatic heterocycles. The van der Waals surface area contributed by atoms with E-state index in [4.69, 9.17) is 0 Å². The van der Waals surface area contributed by atoms with Gasteiger partial charge in [-0.25, -0.2) is 26.3 Å². The Kier molecular flexibility index (Phi) is 14.3. The summed E-state index contributed by atoms with van der Waals surface area (Å²) in [6.45, 7) is 10.6. The summed E-state index contributed by atoms with van der Waals surface area (Å²) in [5.41, 5.74) is -0.884. The van der Waals surface area contributed by atoms with E-state index >= 15 is 0 Å². The number of rotatable bonds is 14. The van der Waals surface area contributed by atoms with Gasteiger partial charge in [0.15, 0.2) is 0 Å². The molecule has 13 nitrogen and oxygen atoms in total. The Balaban J connectivity index is 2.18. The fourth-order valence-electron chi connectivity index (χ4n) is 5.17. The van der Waals surface area contributed by atoms with Gasteiger partial charge in [-0.3, -0.25) is 14.4 Å². The van der Waals surface area contributed by atoms with Crippen molar-refractivity contribution in [3.63, 3.8) is 0 Å². The van der Waals surface area contributed by atoms with Gasteiger partial charge in [0.1, 0.15) is 18.1 Å². The number of likely N-dealkylation sites (tertiary alicyclic amines) is 1. The maximum Gasteiger partial charge on any atom is 0.315 e. The minimum Gasteiger partial charge on any atom is -0.387 e. The predicted octanol–water partition coefficient (Wildman–Crippen LogP) is 1.99. The number of halogens is 2. The van der Waals surface area contributed by atoms with Gasteiger partial charge in [0.25, 0.3) is 0 Å². The van der Waals surface area contributed by atoms with E-state index in [2.05, 4.69) is 21.3 Å². The van der Waals surface area contributed by atoms with Crippen molar-refractivity contribution in [2.45, 2.75) is 97.5 Å². The number of carbonyl (C=O) groups excluding carboxylic acids is 4. The Morgan fingerprint density at radius 3 is 2.12 bits per heavy atom. The van der Waals surface area contributed by atoms with Crippen LogP contribution < -0.4 is 21.3 Å². The first-order chi connectivity index (χ1) is 22.0. The number of nitrogens with one attached hydrogen (secondary N) is 4. The van der Waals surface area contributed by atoms with Gasteiger partial charge in [0.05, 0.1) is 12.4 Å². The van der Waals surface area contributed by atoms with Crippen molar-refractivity contribution < 1.29 is 41.5 Å². The molecule has 0 aromatic heterocycles. The zero-order chi connectivity index (χ0) is 36.6. The summed E-state index contributed by atoms with van der Waals surface area (Å²) in [5.74, 6) is -2.27. The van der Waals surface area contributed by atoms with Crippen LogP contribution in [0.3, 0.4) is 0 Å². The van der Waals surface area contributed by atoms with Crippen LogP contribution in [0, 0.1) is 10.8 Å². The van der Waals surface area contributed by atoms with Gasteiger partial charge in [-0.1, -0.05) is 71.9 Å². The van der Waals surface area contributed by atoms with Crippen LogP contribution in [-0.2, 0) is 24.4 Å². The van der Waals surface area contributed by atoms with Gasteiger partial charge in [-0.2, -0.15) is 0 Å². The minimum atomic E-state index is -3.53. The van der Waals surface area contributed by atoms with E-state index < -0.39 is 87.7 Å². The van der Waals surface area contributed by atoms with Crippen molar-refractivity contribution in [2.24, 2.45) is 10.8 Å². The van der Waals surface area contributed by atoms with Gasteiger partial charge >= 0.3 is 6.03 Å². The van der Waals surface area contributed by atoms with Crippen molar-refractivity contribution in [1.82, 2.24) is 30.5 Å². The van der Waals surface area contributed by atoms with E-state index in [0.29, 0.717) is 12.0 Å². The topological polar surface area (TPSA) is 177 Å². The standard InChI is InChI=1S/C32H52F2N6O7S/c1-31(2,3)24(19-39(7)48(8,46)47)37-30(45)38-26(32(4,5)6)29(44)40-16-12-15-22(40)28(43)36-21(17-25(33)34)27(42)35-18-23(41)20-13-10-9-11-14-20/h9-11,13-14,21-26,41H,12,15-19H2,1-8H3,(H,35,42)(H,36,43)(H2,37,38,45)/t21-,22-,23?,24+,26+/m0/s1. The molecule has 0 saturated carbocycles. The fraction of sp³-hybridized carbons (Fsp3) is 0.688. The summed E-state index contributed by atoms with van der Waals surface area (Å²) >= 11 is 0. The number of nitrogens with zero attached hydrogens (tertiary/aromatic N) is 2. The van der Waals surface area contributed by atoms with Crippen LogP contribution in [0.5, 0.6) is 0 Å². The van der Waals surface area contributed by atoms with Crippen LogP contribution in [0.1, 0.15) is 72.5 Å². The quantitative estimate of drug-likeness (QED) is 0.197. The molecule has 0 bridgehead atoms. The molecule has 272 valence electrons. The lowest BCUT2D eigenvalue weighted by atomic mass is 9.85. The normalized spacial score (nSPS) is 18.2. The highest BCUT2D eigenvalue weighted by Gasteiger charge is 2.43. The highest BCUT2D eigenvalue weighted by atomic mass is 32.2. The third-order valence-electron chi connectivity index (χ3n) is 8.28. The molecular formula is C32H52F2N6O7S. The maximum absolute atomic E-state index is 13.9. The Hall–Kier alpha value is -3.37. The van der Waals surface area contributed by atoms with Gasteiger partial charge in [-0.05, 0) is 29.2 Å². The molecule has 0 aliphatic carbocycles. The van der Waals surface area contributed by atoms with Crippen molar-refractivity contribution in [1.29, 1.82) is 0 Å². The van der Waals surface area contributed by atoms with Gasteiger partial charge in [0, 0.05) is 39.1 Å². The van der Waals surface area contributed by atoms with Crippen molar-refractivity contribution in [3.05, 3.63) is 35.9 Å². The number of hydrogen-bond donors (Lipinski definition) is 5. The van der Waals surface area contributed by atoms with Crippen LogP contribution >= 0.6 is 0 Å². The highest BCUT2D eigenvalue weighted by Crippen LogP contribution is 2.27. The second-order valence-corrected chi connectivity index (χ2v) is 16.5. The number of sulfonamides is 1. The number of alkyl halides is 2. The SMILES string of the molecule is CN(C[C@@H](NC(=O)N[C@H](C(=O)N1CCC[C@H]1C(=O)N[C@@H](CC(F)F)C(=O)NCC(O)c1ccccc1)C(C)(C)C)C(C)(C)C)S(C)(=O)=O. The molecule has 5 atom stereocenters. The second kappa shape index (κ2) is 16.8. The van der Waals surface area contributed by atoms with Gasteiger partial charge < -0.3 is 31.3 Å². The van der Waals surface area contributed by atoms with E-state index in [0.717, 1.165) is 10.6 Å². The first-order valence-electron chi connectivity index (χ1n) is 15.9. The minimum absolute atomic E-state index is 0.0170. The zero-order valence-electron chi connectivity index (χ0n) is 29.0. The number of urea groups is 1. The molecule has 2 rings (SSSR count). The summed E-state index contributed by atoms with van der Waals surface area (Å²) in [6.07, 6.45) is -3.31.